The number of pyridine rings is 1. The summed E-state index contributed by atoms with van der Waals surface area (Å²) in [6.45, 7) is 0. The van der Waals surface area contributed by atoms with Crippen LogP contribution in [0.2, 0.25) is 0 Å². The number of carboxylic acid groups (broad SMARTS) is 1. The van der Waals surface area contributed by atoms with Crippen LogP contribution >= 0.6 is 11.3 Å². The van der Waals surface area contributed by atoms with Gasteiger partial charge in [0, 0.05) is 44.6 Å². The largest absolute Gasteiger partial charge is 0.478 e. The molecule has 0 bridgehead atoms. The number of rotatable bonds is 3. The molecule has 0 unspecified atom stereocenters. The summed E-state index contributed by atoms with van der Waals surface area (Å²) in [5.41, 5.74) is 5.32. The van der Waals surface area contributed by atoms with Gasteiger partial charge in [0.05, 0.1) is 5.56 Å². The molecular formula is C22H14N2O2S. The van der Waals surface area contributed by atoms with Gasteiger partial charge in [-0.1, -0.05) is 30.3 Å². The van der Waals surface area contributed by atoms with Gasteiger partial charge in [-0.25, -0.2) is 9.78 Å². The molecule has 0 aliphatic heterocycles. The molecule has 4 nitrogen and oxygen atoms in total. The molecule has 0 saturated carbocycles. The molecular weight excluding hydrogens is 356 g/mol. The zero-order valence-electron chi connectivity index (χ0n) is 14.1. The molecule has 3 aromatic heterocycles. The van der Waals surface area contributed by atoms with E-state index in [0.29, 0.717) is 0 Å². The number of hydrogen-bond acceptors (Lipinski definition) is 3. The highest BCUT2D eigenvalue weighted by molar-refractivity contribution is 7.17. The number of H-pyrrole nitrogens is 1. The van der Waals surface area contributed by atoms with Gasteiger partial charge in [0.1, 0.15) is 5.65 Å². The number of fused-ring (bicyclic) bond motifs is 2. The third kappa shape index (κ3) is 2.60. The Morgan fingerprint density at radius 2 is 1.78 bits per heavy atom. The summed E-state index contributed by atoms with van der Waals surface area (Å²) < 4.78 is 1.26. The van der Waals surface area contributed by atoms with Gasteiger partial charge in [-0.2, -0.15) is 0 Å². The minimum absolute atomic E-state index is 0.280. The quantitative estimate of drug-likeness (QED) is 0.421. The monoisotopic (exact) mass is 370 g/mol. The number of aromatic nitrogens is 2. The fourth-order valence-electron chi connectivity index (χ4n) is 3.38. The normalized spacial score (nSPS) is 11.3. The number of aromatic amines is 1. The van der Waals surface area contributed by atoms with E-state index in [0.717, 1.165) is 27.7 Å². The van der Waals surface area contributed by atoms with Crippen molar-refractivity contribution in [2.75, 3.05) is 0 Å². The topological polar surface area (TPSA) is 66.0 Å². The molecule has 5 heteroatoms. The van der Waals surface area contributed by atoms with Gasteiger partial charge in [0.2, 0.25) is 0 Å². The molecule has 0 aliphatic carbocycles. The molecule has 0 spiro atoms. The Morgan fingerprint density at radius 1 is 0.963 bits per heavy atom. The second kappa shape index (κ2) is 6.07. The van der Waals surface area contributed by atoms with Crippen LogP contribution in [0.15, 0.2) is 72.4 Å². The van der Waals surface area contributed by atoms with Crippen molar-refractivity contribution < 1.29 is 9.90 Å². The molecule has 0 saturated heterocycles. The first kappa shape index (κ1) is 15.8. The highest BCUT2D eigenvalue weighted by Crippen LogP contribution is 2.36. The Morgan fingerprint density at radius 3 is 2.59 bits per heavy atom. The van der Waals surface area contributed by atoms with Gasteiger partial charge in [-0.15, -0.1) is 11.3 Å². The predicted molar refractivity (Wildman–Crippen MR) is 109 cm³/mol. The smallest absolute Gasteiger partial charge is 0.335 e. The van der Waals surface area contributed by atoms with E-state index in [1.54, 1.807) is 23.5 Å². The number of carboxylic acids is 1. The van der Waals surface area contributed by atoms with Crippen molar-refractivity contribution in [2.45, 2.75) is 0 Å². The number of benzene rings is 2. The van der Waals surface area contributed by atoms with Gasteiger partial charge < -0.3 is 10.1 Å². The number of aromatic carboxylic acids is 1. The van der Waals surface area contributed by atoms with Gasteiger partial charge >= 0.3 is 5.97 Å². The Labute approximate surface area is 158 Å². The van der Waals surface area contributed by atoms with Crippen molar-refractivity contribution in [3.63, 3.8) is 0 Å². The zero-order chi connectivity index (χ0) is 18.4. The maximum absolute atomic E-state index is 11.1. The lowest BCUT2D eigenvalue weighted by Crippen LogP contribution is -1.94. The number of carbonyl (C=O) groups is 1. The SMILES string of the molecule is O=C(O)c1ccc(-c2c[nH]c3ncc(-c4csc5ccccc45)cc23)cc1. The first-order valence-electron chi connectivity index (χ1n) is 8.48. The fourth-order valence-corrected chi connectivity index (χ4v) is 4.35. The number of thiophene rings is 1. The molecule has 5 aromatic rings. The van der Waals surface area contributed by atoms with Crippen LogP contribution in [-0.2, 0) is 0 Å². The van der Waals surface area contributed by atoms with E-state index < -0.39 is 5.97 Å². The molecule has 3 heterocycles. The molecule has 2 N–H and O–H groups in total. The summed E-state index contributed by atoms with van der Waals surface area (Å²) in [6, 6.07) is 17.4. The second-order valence-corrected chi connectivity index (χ2v) is 7.26. The van der Waals surface area contributed by atoms with E-state index in [1.807, 2.05) is 24.5 Å². The molecule has 27 heavy (non-hydrogen) atoms. The van der Waals surface area contributed by atoms with Crippen LogP contribution in [0.5, 0.6) is 0 Å². The lowest BCUT2D eigenvalue weighted by Gasteiger charge is -2.03. The van der Waals surface area contributed by atoms with Crippen LogP contribution in [0.4, 0.5) is 0 Å². The molecule has 5 rings (SSSR count). The maximum atomic E-state index is 11.1. The van der Waals surface area contributed by atoms with Crippen molar-refractivity contribution >= 4 is 38.4 Å². The molecule has 0 atom stereocenters. The molecule has 0 fully saturated rings. The Bertz CT molecular complexity index is 1300. The van der Waals surface area contributed by atoms with Gasteiger partial charge in [-0.3, -0.25) is 0 Å². The Hall–Kier alpha value is -3.44. The van der Waals surface area contributed by atoms with E-state index in [4.69, 9.17) is 5.11 Å². The van der Waals surface area contributed by atoms with Crippen LogP contribution in [0.25, 0.3) is 43.4 Å². The third-order valence-electron chi connectivity index (χ3n) is 4.77. The van der Waals surface area contributed by atoms with E-state index in [1.165, 1.54) is 15.6 Å². The summed E-state index contributed by atoms with van der Waals surface area (Å²) in [6.07, 6.45) is 3.81. The number of hydrogen-bond donors (Lipinski definition) is 2. The third-order valence-corrected chi connectivity index (χ3v) is 5.73. The summed E-state index contributed by atoms with van der Waals surface area (Å²) in [7, 11) is 0. The van der Waals surface area contributed by atoms with Crippen LogP contribution < -0.4 is 0 Å². The predicted octanol–water partition coefficient (Wildman–Crippen LogP) is 5.81. The molecule has 130 valence electrons. The van der Waals surface area contributed by atoms with Gasteiger partial charge in [0.15, 0.2) is 0 Å². The van der Waals surface area contributed by atoms with Crippen LogP contribution in [0.3, 0.4) is 0 Å². The first-order valence-corrected chi connectivity index (χ1v) is 9.36. The van der Waals surface area contributed by atoms with Crippen LogP contribution in [-0.4, -0.2) is 21.0 Å². The first-order chi connectivity index (χ1) is 13.2. The summed E-state index contributed by atoms with van der Waals surface area (Å²) in [5.74, 6) is -0.922. The van der Waals surface area contributed by atoms with Crippen molar-refractivity contribution in [1.29, 1.82) is 0 Å². The van der Waals surface area contributed by atoms with Crippen LogP contribution in [0, 0.1) is 0 Å². The lowest BCUT2D eigenvalue weighted by molar-refractivity contribution is 0.0697. The Balaban J connectivity index is 1.65. The number of nitrogens with one attached hydrogen (secondary N) is 1. The van der Waals surface area contributed by atoms with E-state index >= 15 is 0 Å². The van der Waals surface area contributed by atoms with Crippen molar-refractivity contribution in [3.8, 4) is 22.3 Å². The van der Waals surface area contributed by atoms with Crippen LogP contribution in [0.1, 0.15) is 10.4 Å². The van der Waals surface area contributed by atoms with Crippen molar-refractivity contribution in [2.24, 2.45) is 0 Å². The zero-order valence-corrected chi connectivity index (χ0v) is 15.0. The minimum Gasteiger partial charge on any atom is -0.478 e. The molecule has 2 aromatic carbocycles. The lowest BCUT2D eigenvalue weighted by atomic mass is 10.0. The van der Waals surface area contributed by atoms with Crippen molar-refractivity contribution in [1.82, 2.24) is 9.97 Å². The second-order valence-electron chi connectivity index (χ2n) is 6.35. The summed E-state index contributed by atoms with van der Waals surface area (Å²) in [4.78, 5) is 18.9. The van der Waals surface area contributed by atoms with E-state index in [9.17, 15) is 4.79 Å². The highest BCUT2D eigenvalue weighted by atomic mass is 32.1. The fraction of sp³-hybridized carbons (Fsp3) is 0. The van der Waals surface area contributed by atoms with E-state index in [-0.39, 0.29) is 5.56 Å². The van der Waals surface area contributed by atoms with Gasteiger partial charge in [0.25, 0.3) is 0 Å². The molecule has 0 amide bonds. The average molecular weight is 370 g/mol. The Kier molecular flexibility index (Phi) is 3.55. The summed E-state index contributed by atoms with van der Waals surface area (Å²) in [5, 5.41) is 13.5. The average Bonchev–Trinajstić information content (AvgIpc) is 3.32. The molecule has 0 radical (unpaired) electrons. The minimum atomic E-state index is -0.922. The standard InChI is InChI=1S/C22H14N2O2S/c25-22(26)14-7-5-13(6-8-14)18-11-24-21-17(18)9-15(10-23-21)19-12-27-20-4-2-1-3-16(19)20/h1-12H,(H,23,24)(H,25,26). The van der Waals surface area contributed by atoms with Crippen molar-refractivity contribution in [3.05, 3.63) is 77.9 Å². The maximum Gasteiger partial charge on any atom is 0.335 e. The number of nitrogens with zero attached hydrogens (tertiary/aromatic N) is 1. The highest BCUT2D eigenvalue weighted by Gasteiger charge is 2.12. The van der Waals surface area contributed by atoms with E-state index in [2.05, 4.69) is 45.7 Å². The van der Waals surface area contributed by atoms with Gasteiger partial charge in [-0.05, 0) is 35.2 Å². The molecule has 0 aliphatic rings. The summed E-state index contributed by atoms with van der Waals surface area (Å²) >= 11 is 1.73.